The molecule has 41 heavy (non-hydrogen) atoms. The summed E-state index contributed by atoms with van der Waals surface area (Å²) in [6.45, 7) is 8.18. The molecule has 7 rings (SSSR count). The summed E-state index contributed by atoms with van der Waals surface area (Å²) in [6.07, 6.45) is 3.04. The first kappa shape index (κ1) is 25.7. The fourth-order valence-electron chi connectivity index (χ4n) is 6.30. The normalized spacial score (nSPS) is 19.7. The van der Waals surface area contributed by atoms with Crippen LogP contribution in [0.25, 0.3) is 17.1 Å². The van der Waals surface area contributed by atoms with Crippen LogP contribution < -0.4 is 14.0 Å². The van der Waals surface area contributed by atoms with Crippen LogP contribution in [0.3, 0.4) is 0 Å². The zero-order valence-corrected chi connectivity index (χ0v) is 23.2. The van der Waals surface area contributed by atoms with Crippen molar-refractivity contribution in [1.82, 2.24) is 14.7 Å². The van der Waals surface area contributed by atoms with Gasteiger partial charge in [-0.05, 0) is 60.2 Å². The van der Waals surface area contributed by atoms with Crippen molar-refractivity contribution >= 4 is 5.97 Å². The van der Waals surface area contributed by atoms with Gasteiger partial charge in [0.25, 0.3) is 0 Å². The van der Waals surface area contributed by atoms with Crippen LogP contribution in [0.2, 0.25) is 0 Å². The molecule has 2 aromatic carbocycles. The van der Waals surface area contributed by atoms with Crippen molar-refractivity contribution in [2.75, 3.05) is 19.8 Å². The smallest absolute Gasteiger partial charge is 0.345 e. The summed E-state index contributed by atoms with van der Waals surface area (Å²) in [5.41, 5.74) is 6.85. The van der Waals surface area contributed by atoms with Gasteiger partial charge in [-0.1, -0.05) is 40.1 Å². The first-order valence-electron chi connectivity index (χ1n) is 14.2. The van der Waals surface area contributed by atoms with E-state index in [-0.39, 0.29) is 11.4 Å². The van der Waals surface area contributed by atoms with Crippen LogP contribution in [0.15, 0.2) is 60.8 Å². The Morgan fingerprint density at radius 1 is 1.17 bits per heavy atom. The largest absolute Gasteiger partial charge is 0.488 e. The molecule has 3 aliphatic rings. The van der Waals surface area contributed by atoms with E-state index in [4.69, 9.17) is 14.2 Å². The molecule has 0 bridgehead atoms. The van der Waals surface area contributed by atoms with Crippen molar-refractivity contribution in [1.29, 1.82) is 0 Å². The standard InChI is InChI=1S/C32H32N4O5/c1-20-5-3-6-26(28-7-4-8-29-35(28)21(2)41-31-27(32(37)38)16-33-36(29)31)30(20)40-18-22-9-10-24-17-34(13-11-23(24)15-22)25-12-14-39-19-25/h3-10,15-16,21,25H,11-14,17-19H2,1-2H3/p+1. The van der Waals surface area contributed by atoms with Gasteiger partial charge in [-0.2, -0.15) is 4.57 Å². The van der Waals surface area contributed by atoms with Gasteiger partial charge in [-0.15, -0.1) is 0 Å². The summed E-state index contributed by atoms with van der Waals surface area (Å²) in [4.78, 5) is 14.3. The third-order valence-corrected chi connectivity index (χ3v) is 8.43. The topological polar surface area (TPSA) is 89.9 Å². The van der Waals surface area contributed by atoms with Crippen molar-refractivity contribution < 1.29 is 28.7 Å². The molecule has 0 radical (unpaired) electrons. The molecule has 3 aliphatic heterocycles. The van der Waals surface area contributed by atoms with Crippen LogP contribution in [-0.4, -0.2) is 51.6 Å². The summed E-state index contributed by atoms with van der Waals surface area (Å²) in [5.74, 6) is 0.697. The number of fused-ring (bicyclic) bond motifs is 4. The lowest BCUT2D eigenvalue weighted by molar-refractivity contribution is -0.740. The van der Waals surface area contributed by atoms with E-state index in [9.17, 15) is 9.90 Å². The van der Waals surface area contributed by atoms with Gasteiger partial charge in [-0.3, -0.25) is 4.90 Å². The highest BCUT2D eigenvalue weighted by atomic mass is 16.5. The first-order valence-corrected chi connectivity index (χ1v) is 14.2. The third-order valence-electron chi connectivity index (χ3n) is 8.43. The molecular weight excluding hydrogens is 520 g/mol. The van der Waals surface area contributed by atoms with E-state index in [1.807, 2.05) is 41.8 Å². The number of carboxylic acids is 1. The predicted molar refractivity (Wildman–Crippen MR) is 150 cm³/mol. The minimum absolute atomic E-state index is 0.0402. The lowest BCUT2D eigenvalue weighted by atomic mass is 9.96. The van der Waals surface area contributed by atoms with Crippen molar-refractivity contribution in [2.24, 2.45) is 0 Å². The first-order chi connectivity index (χ1) is 20.0. The molecule has 210 valence electrons. The second-order valence-corrected chi connectivity index (χ2v) is 11.0. The number of para-hydroxylation sites is 1. The number of aromatic nitrogens is 3. The van der Waals surface area contributed by atoms with Crippen LogP contribution in [0.4, 0.5) is 0 Å². The third kappa shape index (κ3) is 4.55. The van der Waals surface area contributed by atoms with Gasteiger partial charge in [0.1, 0.15) is 18.1 Å². The number of pyridine rings is 1. The number of ether oxygens (including phenoxy) is 3. The van der Waals surface area contributed by atoms with Crippen molar-refractivity contribution in [3.05, 3.63) is 88.6 Å². The van der Waals surface area contributed by atoms with Crippen LogP contribution in [0, 0.1) is 6.92 Å². The maximum Gasteiger partial charge on any atom is 0.345 e. The van der Waals surface area contributed by atoms with Crippen LogP contribution >= 0.6 is 0 Å². The molecule has 0 amide bonds. The molecular formula is C32H33N4O5+. The number of nitrogens with zero attached hydrogens (tertiary/aromatic N) is 4. The fraction of sp³-hybridized carbons (Fsp3) is 0.344. The van der Waals surface area contributed by atoms with E-state index in [1.165, 1.54) is 22.0 Å². The maximum absolute atomic E-state index is 11.7. The predicted octanol–water partition coefficient (Wildman–Crippen LogP) is 4.47. The highest BCUT2D eigenvalue weighted by molar-refractivity contribution is 5.90. The maximum atomic E-state index is 11.7. The van der Waals surface area contributed by atoms with Gasteiger partial charge in [0, 0.05) is 38.7 Å². The molecule has 2 atom stereocenters. The van der Waals surface area contributed by atoms with Crippen LogP contribution in [0.5, 0.6) is 11.6 Å². The zero-order valence-electron chi connectivity index (χ0n) is 23.2. The Morgan fingerprint density at radius 3 is 2.88 bits per heavy atom. The van der Waals surface area contributed by atoms with Crippen molar-refractivity contribution in [3.63, 3.8) is 0 Å². The van der Waals surface area contributed by atoms with Gasteiger partial charge >= 0.3 is 17.7 Å². The minimum atomic E-state index is -1.07. The molecule has 9 heteroatoms. The van der Waals surface area contributed by atoms with E-state index >= 15 is 0 Å². The Balaban J connectivity index is 1.17. The Morgan fingerprint density at radius 2 is 2.05 bits per heavy atom. The Hall–Kier alpha value is -4.21. The number of aryl methyl sites for hydroxylation is 1. The lowest BCUT2D eigenvalue weighted by Crippen LogP contribution is -2.50. The monoisotopic (exact) mass is 553 g/mol. The van der Waals surface area contributed by atoms with Crippen LogP contribution in [-0.2, 0) is 24.3 Å². The molecule has 0 spiro atoms. The highest BCUT2D eigenvalue weighted by Gasteiger charge is 2.38. The number of carboxylic acid groups (broad SMARTS) is 1. The highest BCUT2D eigenvalue weighted by Crippen LogP contribution is 2.36. The van der Waals surface area contributed by atoms with E-state index in [0.717, 1.165) is 73.1 Å². The van der Waals surface area contributed by atoms with Gasteiger partial charge in [0.15, 0.2) is 5.56 Å². The molecule has 1 saturated heterocycles. The molecule has 5 heterocycles. The van der Waals surface area contributed by atoms with Crippen molar-refractivity contribution in [2.45, 2.75) is 52.1 Å². The SMILES string of the molecule is Cc1cccc(-c2cccc3[n+]2C(C)Oc2c(C(=O)O)cnn2-3)c1OCc1ccc2c(c1)CCN(C1CCOC1)C2. The van der Waals surface area contributed by atoms with Crippen LogP contribution in [0.1, 0.15) is 52.2 Å². The average molecular weight is 554 g/mol. The summed E-state index contributed by atoms with van der Waals surface area (Å²) in [6, 6.07) is 19.3. The molecule has 0 saturated carbocycles. The summed E-state index contributed by atoms with van der Waals surface area (Å²) in [5, 5.41) is 13.9. The average Bonchev–Trinajstić information content (AvgIpc) is 3.67. The molecule has 1 N–H and O–H groups in total. The molecule has 2 aromatic heterocycles. The quantitative estimate of drug-likeness (QED) is 0.353. The number of aromatic carboxylic acids is 1. The van der Waals surface area contributed by atoms with Gasteiger partial charge in [0.2, 0.25) is 6.23 Å². The number of carbonyl (C=O) groups is 1. The number of benzene rings is 2. The summed E-state index contributed by atoms with van der Waals surface area (Å²) < 4.78 is 21.8. The molecule has 0 aliphatic carbocycles. The number of hydrogen-bond acceptors (Lipinski definition) is 6. The Kier molecular flexibility index (Phi) is 6.48. The van der Waals surface area contributed by atoms with Gasteiger partial charge in [-0.25, -0.2) is 4.79 Å². The second kappa shape index (κ2) is 10.3. The van der Waals surface area contributed by atoms with E-state index in [1.54, 1.807) is 0 Å². The number of hydrogen-bond donors (Lipinski definition) is 1. The molecule has 1 fully saturated rings. The molecule has 2 unspecified atom stereocenters. The zero-order chi connectivity index (χ0) is 28.1. The van der Waals surface area contributed by atoms with E-state index < -0.39 is 12.2 Å². The lowest BCUT2D eigenvalue weighted by Gasteiger charge is -2.33. The van der Waals surface area contributed by atoms with E-state index in [2.05, 4.69) is 41.2 Å². The number of rotatable bonds is 6. The van der Waals surface area contributed by atoms with Gasteiger partial charge in [0.05, 0.1) is 18.4 Å². The fourth-order valence-corrected chi connectivity index (χ4v) is 6.30. The molecule has 9 nitrogen and oxygen atoms in total. The summed E-state index contributed by atoms with van der Waals surface area (Å²) in [7, 11) is 0. The van der Waals surface area contributed by atoms with Gasteiger partial charge < -0.3 is 19.3 Å². The Labute approximate surface area is 238 Å². The minimum Gasteiger partial charge on any atom is -0.488 e. The van der Waals surface area contributed by atoms with Crippen molar-refractivity contribution in [3.8, 4) is 28.7 Å². The molecule has 4 aromatic rings. The van der Waals surface area contributed by atoms with E-state index in [0.29, 0.717) is 12.6 Å². The second-order valence-electron chi connectivity index (χ2n) is 11.0. The summed E-state index contributed by atoms with van der Waals surface area (Å²) >= 11 is 0. The Bertz CT molecular complexity index is 1640.